The molecule has 142 valence electrons. The van der Waals surface area contributed by atoms with Crippen LogP contribution in [0.15, 0.2) is 4.42 Å². The van der Waals surface area contributed by atoms with Crippen molar-refractivity contribution >= 4 is 5.91 Å². The summed E-state index contributed by atoms with van der Waals surface area (Å²) >= 11 is 0. The number of nitrogens with zero attached hydrogens (tertiary/aromatic N) is 3. The van der Waals surface area contributed by atoms with Gasteiger partial charge in [-0.25, -0.2) is 4.98 Å². The van der Waals surface area contributed by atoms with Crippen LogP contribution in [0.2, 0.25) is 0 Å². The first kappa shape index (κ1) is 18.6. The van der Waals surface area contributed by atoms with Crippen molar-refractivity contribution in [1.82, 2.24) is 20.1 Å². The highest BCUT2D eigenvalue weighted by atomic mass is 16.5. The Kier molecular flexibility index (Phi) is 5.18. The van der Waals surface area contributed by atoms with Crippen LogP contribution in [0.25, 0.3) is 0 Å². The van der Waals surface area contributed by atoms with Crippen LogP contribution in [0.5, 0.6) is 0 Å². The monoisotopic (exact) mass is 360 g/mol. The maximum Gasteiger partial charge on any atom is 0.270 e. The van der Waals surface area contributed by atoms with Gasteiger partial charge in [0.1, 0.15) is 11.5 Å². The molecule has 0 aliphatic carbocycles. The van der Waals surface area contributed by atoms with E-state index in [1.165, 1.54) is 0 Å². The molecule has 26 heavy (non-hydrogen) atoms. The summed E-state index contributed by atoms with van der Waals surface area (Å²) in [7, 11) is 0. The molecule has 0 bridgehead atoms. The van der Waals surface area contributed by atoms with Crippen LogP contribution in [0.1, 0.15) is 85.7 Å². The van der Waals surface area contributed by atoms with Crippen molar-refractivity contribution in [3.63, 3.8) is 0 Å². The molecule has 0 radical (unpaired) electrons. The van der Waals surface area contributed by atoms with Crippen molar-refractivity contribution in [2.45, 2.75) is 79.2 Å². The second-order valence-corrected chi connectivity index (χ2v) is 7.22. The second kappa shape index (κ2) is 7.23. The van der Waals surface area contributed by atoms with E-state index in [1.54, 1.807) is 4.68 Å². The molecule has 1 aliphatic heterocycles. The highest BCUT2D eigenvalue weighted by Gasteiger charge is 2.31. The third kappa shape index (κ3) is 3.40. The summed E-state index contributed by atoms with van der Waals surface area (Å²) in [6, 6.07) is 0. The molecule has 2 atom stereocenters. The van der Waals surface area contributed by atoms with Gasteiger partial charge in [-0.2, -0.15) is 5.10 Å². The Balaban J connectivity index is 1.82. The van der Waals surface area contributed by atoms with Crippen LogP contribution in [-0.4, -0.2) is 26.8 Å². The number of hydrogen-bond acceptors (Lipinski definition) is 5. The number of rotatable bonds is 5. The topological polar surface area (TPSA) is 82.2 Å². The highest BCUT2D eigenvalue weighted by molar-refractivity contribution is 5.94. The Labute approximate surface area is 154 Å². The van der Waals surface area contributed by atoms with Crippen LogP contribution < -0.4 is 5.32 Å². The minimum absolute atomic E-state index is 0.0728. The first-order chi connectivity index (χ1) is 12.3. The summed E-state index contributed by atoms with van der Waals surface area (Å²) in [5.41, 5.74) is 3.31. The van der Waals surface area contributed by atoms with Gasteiger partial charge in [0.15, 0.2) is 5.89 Å². The first-order valence-electron chi connectivity index (χ1n) is 9.31. The predicted octanol–water partition coefficient (Wildman–Crippen LogP) is 3.28. The molecule has 3 rings (SSSR count). The molecule has 2 aromatic heterocycles. The Hall–Kier alpha value is -2.15. The fourth-order valence-corrected chi connectivity index (χ4v) is 3.38. The molecule has 7 nitrogen and oxygen atoms in total. The van der Waals surface area contributed by atoms with Gasteiger partial charge >= 0.3 is 0 Å². The minimum Gasteiger partial charge on any atom is -0.443 e. The minimum atomic E-state index is -0.135. The first-order valence-corrected chi connectivity index (χ1v) is 9.31. The van der Waals surface area contributed by atoms with E-state index in [0.717, 1.165) is 17.0 Å². The van der Waals surface area contributed by atoms with Crippen molar-refractivity contribution in [3.8, 4) is 0 Å². The number of aryl methyl sites for hydroxylation is 2. The zero-order valence-corrected chi connectivity index (χ0v) is 16.4. The van der Waals surface area contributed by atoms with Crippen molar-refractivity contribution in [2.24, 2.45) is 0 Å². The number of ether oxygens (including phenoxy) is 1. The molecular weight excluding hydrogens is 332 g/mol. The van der Waals surface area contributed by atoms with Crippen LogP contribution in [0, 0.1) is 6.92 Å². The number of nitrogens with one attached hydrogen (secondary N) is 1. The number of fused-ring (bicyclic) bond motifs is 1. The van der Waals surface area contributed by atoms with E-state index < -0.39 is 0 Å². The van der Waals surface area contributed by atoms with Crippen LogP contribution in [-0.2, 0) is 24.2 Å². The van der Waals surface area contributed by atoms with E-state index in [2.05, 4.69) is 15.4 Å². The fraction of sp³-hybridized carbons (Fsp3) is 0.632. The Morgan fingerprint density at radius 1 is 1.38 bits per heavy atom. The van der Waals surface area contributed by atoms with Crippen LogP contribution >= 0.6 is 0 Å². The standard InChI is InChI=1S/C19H28N4O3/c1-7-23-17(14-8-11(4)25-13(6)16(14)22-23)18(24)20-9-15-12(5)21-19(26-15)10(2)3/h10-11,13H,7-9H2,1-6H3,(H,20,24)/t11-,13+/m0/s1. The van der Waals surface area contributed by atoms with Gasteiger partial charge in [-0.1, -0.05) is 13.8 Å². The molecule has 0 unspecified atom stereocenters. The lowest BCUT2D eigenvalue weighted by Crippen LogP contribution is -2.28. The van der Waals surface area contributed by atoms with E-state index >= 15 is 0 Å². The molecule has 1 N–H and O–H groups in total. The zero-order valence-electron chi connectivity index (χ0n) is 16.4. The van der Waals surface area contributed by atoms with E-state index in [4.69, 9.17) is 9.15 Å². The summed E-state index contributed by atoms with van der Waals surface area (Å²) < 4.78 is 13.4. The van der Waals surface area contributed by atoms with Gasteiger partial charge in [0, 0.05) is 24.4 Å². The van der Waals surface area contributed by atoms with Crippen molar-refractivity contribution < 1.29 is 13.9 Å². The van der Waals surface area contributed by atoms with Crippen molar-refractivity contribution in [1.29, 1.82) is 0 Å². The van der Waals surface area contributed by atoms with E-state index in [-0.39, 0.29) is 24.0 Å². The van der Waals surface area contributed by atoms with Crippen LogP contribution in [0.4, 0.5) is 0 Å². The van der Waals surface area contributed by atoms with Gasteiger partial charge in [0.05, 0.1) is 30.1 Å². The Bertz CT molecular complexity index is 806. The summed E-state index contributed by atoms with van der Waals surface area (Å²) in [4.78, 5) is 17.3. The van der Waals surface area contributed by atoms with Gasteiger partial charge in [-0.15, -0.1) is 0 Å². The molecule has 7 heteroatoms. The molecule has 0 saturated heterocycles. The number of hydrogen-bond donors (Lipinski definition) is 1. The smallest absolute Gasteiger partial charge is 0.270 e. The van der Waals surface area contributed by atoms with Gasteiger partial charge in [0.2, 0.25) is 0 Å². The lowest BCUT2D eigenvalue weighted by Gasteiger charge is -2.24. The van der Waals surface area contributed by atoms with Crippen molar-refractivity contribution in [3.05, 3.63) is 34.3 Å². The fourth-order valence-electron chi connectivity index (χ4n) is 3.38. The highest BCUT2D eigenvalue weighted by Crippen LogP contribution is 2.31. The maximum atomic E-state index is 12.9. The summed E-state index contributed by atoms with van der Waals surface area (Å²) in [6.07, 6.45) is 0.670. The summed E-state index contributed by atoms with van der Waals surface area (Å²) in [5, 5.41) is 7.58. The van der Waals surface area contributed by atoms with E-state index in [0.29, 0.717) is 36.9 Å². The molecular formula is C19H28N4O3. The zero-order chi connectivity index (χ0) is 19.0. The third-order valence-electron chi connectivity index (χ3n) is 4.72. The number of aromatic nitrogens is 3. The van der Waals surface area contributed by atoms with Gasteiger partial charge in [-0.3, -0.25) is 9.48 Å². The number of carbonyl (C=O) groups excluding carboxylic acids is 1. The molecule has 1 amide bonds. The van der Waals surface area contributed by atoms with E-state index in [9.17, 15) is 4.79 Å². The Morgan fingerprint density at radius 2 is 2.12 bits per heavy atom. The maximum absolute atomic E-state index is 12.9. The average Bonchev–Trinajstić information content (AvgIpc) is 3.13. The molecule has 1 aliphatic rings. The quantitative estimate of drug-likeness (QED) is 0.885. The molecule has 0 aromatic carbocycles. The third-order valence-corrected chi connectivity index (χ3v) is 4.72. The number of amides is 1. The summed E-state index contributed by atoms with van der Waals surface area (Å²) in [5.74, 6) is 1.48. The second-order valence-electron chi connectivity index (χ2n) is 7.22. The van der Waals surface area contributed by atoms with E-state index in [1.807, 2.05) is 41.5 Å². The molecule has 3 heterocycles. The predicted molar refractivity (Wildman–Crippen MR) is 97.1 cm³/mol. The summed E-state index contributed by atoms with van der Waals surface area (Å²) in [6.45, 7) is 12.9. The molecule has 0 spiro atoms. The van der Waals surface area contributed by atoms with Gasteiger partial charge in [-0.05, 0) is 27.7 Å². The van der Waals surface area contributed by atoms with Crippen molar-refractivity contribution in [2.75, 3.05) is 0 Å². The molecule has 0 saturated carbocycles. The number of oxazole rings is 1. The normalized spacial score (nSPS) is 19.7. The van der Waals surface area contributed by atoms with Gasteiger partial charge in [0.25, 0.3) is 5.91 Å². The molecule has 0 fully saturated rings. The number of carbonyl (C=O) groups is 1. The largest absolute Gasteiger partial charge is 0.443 e. The molecule has 2 aromatic rings. The SMILES string of the molecule is CCn1nc2c(c1C(=O)NCc1oc(C(C)C)nc1C)C[C@H](C)O[C@@H]2C. The van der Waals surface area contributed by atoms with Crippen LogP contribution in [0.3, 0.4) is 0 Å². The lowest BCUT2D eigenvalue weighted by atomic mass is 9.99. The average molecular weight is 360 g/mol. The van der Waals surface area contributed by atoms with Gasteiger partial charge < -0.3 is 14.5 Å². The Morgan fingerprint density at radius 3 is 2.73 bits per heavy atom. The lowest BCUT2D eigenvalue weighted by molar-refractivity contribution is -0.00712.